The van der Waals surface area contributed by atoms with Crippen LogP contribution < -0.4 is 26.4 Å². The zero-order valence-electron chi connectivity index (χ0n) is 58.2. The molecule has 282 valence electrons. The van der Waals surface area contributed by atoms with Crippen LogP contribution in [0.4, 0.5) is 34.1 Å². The first kappa shape index (κ1) is 16.6. The van der Waals surface area contributed by atoms with Crippen molar-refractivity contribution < 1.29 is 41.4 Å². The highest BCUT2D eigenvalue weighted by Gasteiger charge is 2.49. The molecule has 6 heterocycles. The van der Waals surface area contributed by atoms with Gasteiger partial charge >= 0.3 is 0 Å². The summed E-state index contributed by atoms with van der Waals surface area (Å²) >= 11 is 0.675. The summed E-state index contributed by atoms with van der Waals surface area (Å²) in [5.41, 5.74) is -7.62. The SMILES string of the molecule is [2H]c1c([2H])c([2H])c(-c2c([2H])c([2H])c3oc4c(c3c2[2H])N(c2c([2H])c([2H])c([2H])c3c2sc2c([2H])c([2H])c([2H])c([2H])c23)c2c([2H])c(C(C)(C)C)c([2H])c3c2B4c2c([2H])c([2H])c([2H])c4c2N3c2c([2H])c([2H])c([2H])c3c5c([2H])c([2H])c([2H])c([2H])c5n-4c23)c([2H])c1[2H]. The zero-order valence-corrected chi connectivity index (χ0v) is 32.1. The smallest absolute Gasteiger partial charge is 0.297 e. The fourth-order valence-electron chi connectivity index (χ4n) is 8.84. The molecule has 0 spiro atoms. The first-order valence-electron chi connectivity index (χ1n) is 32.2. The molecule has 6 heteroatoms. The van der Waals surface area contributed by atoms with Gasteiger partial charge in [0.25, 0.3) is 6.71 Å². The van der Waals surface area contributed by atoms with E-state index in [1.165, 1.54) is 9.47 Å². The number of thiophene rings is 1. The molecule has 8 aromatic carbocycles. The van der Waals surface area contributed by atoms with Gasteiger partial charge in [0.1, 0.15) is 5.58 Å². The number of rotatable bonds is 2. The van der Waals surface area contributed by atoms with Gasteiger partial charge in [-0.1, -0.05) is 130 Å². The molecule has 0 aliphatic carbocycles. The second kappa shape index (κ2) is 11.4. The monoisotopic (exact) mass is 812 g/mol. The third-order valence-corrected chi connectivity index (χ3v) is 12.4. The third-order valence-electron chi connectivity index (χ3n) is 11.3. The molecule has 0 amide bonds. The molecular formula is C54H36BN3OS. The molecule has 0 radical (unpaired) electrons. The molecule has 3 aliphatic heterocycles. The van der Waals surface area contributed by atoms with E-state index in [0.717, 1.165) is 4.90 Å². The average molecular weight is 813 g/mol. The number of fused-ring (bicyclic) bond motifs is 14. The van der Waals surface area contributed by atoms with Crippen LogP contribution in [0.3, 0.4) is 0 Å². The molecule has 0 saturated carbocycles. The maximum atomic E-state index is 10.6. The van der Waals surface area contributed by atoms with Crippen LogP contribution in [-0.4, -0.2) is 11.3 Å². The lowest BCUT2D eigenvalue weighted by Gasteiger charge is -2.45. The van der Waals surface area contributed by atoms with E-state index < -0.39 is 214 Å². The van der Waals surface area contributed by atoms with E-state index >= 15 is 0 Å². The highest BCUT2D eigenvalue weighted by Crippen LogP contribution is 2.55. The van der Waals surface area contributed by atoms with Crippen LogP contribution in [0.15, 0.2) is 168 Å². The predicted molar refractivity (Wildman–Crippen MR) is 255 cm³/mol. The molecule has 4 nitrogen and oxygen atoms in total. The third kappa shape index (κ3) is 4.11. The second-order valence-electron chi connectivity index (χ2n) is 15.6. The Hall–Kier alpha value is -7.02. The maximum Gasteiger partial charge on any atom is 0.297 e. The van der Waals surface area contributed by atoms with Gasteiger partial charge in [0.2, 0.25) is 0 Å². The zero-order chi connectivity index (χ0) is 63.1. The van der Waals surface area contributed by atoms with Crippen molar-refractivity contribution in [1.29, 1.82) is 0 Å². The Morgan fingerprint density at radius 1 is 0.550 bits per heavy atom. The van der Waals surface area contributed by atoms with E-state index in [1.54, 1.807) is 20.8 Å². The predicted octanol–water partition coefficient (Wildman–Crippen LogP) is 13.3. The van der Waals surface area contributed by atoms with Crippen LogP contribution in [0.2, 0.25) is 0 Å². The van der Waals surface area contributed by atoms with Crippen molar-refractivity contribution >= 4 is 122 Å². The molecule has 60 heavy (non-hydrogen) atoms. The minimum absolute atomic E-state index is 0.116. The summed E-state index contributed by atoms with van der Waals surface area (Å²) in [5.74, 6) is 0. The lowest BCUT2D eigenvalue weighted by atomic mass is 9.35. The Labute approximate surface area is 389 Å². The quantitative estimate of drug-likeness (QED) is 0.163. The van der Waals surface area contributed by atoms with Gasteiger partial charge in [-0.2, -0.15) is 0 Å². The van der Waals surface area contributed by atoms with Crippen molar-refractivity contribution in [2.45, 2.75) is 26.2 Å². The Morgan fingerprint density at radius 3 is 2.07 bits per heavy atom. The normalized spacial score (nSPS) is 20.1. The van der Waals surface area contributed by atoms with Crippen molar-refractivity contribution in [2.24, 2.45) is 0 Å². The van der Waals surface area contributed by atoms with Crippen LogP contribution in [0.5, 0.6) is 0 Å². The summed E-state index contributed by atoms with van der Waals surface area (Å²) in [4.78, 5) is 2.42. The van der Waals surface area contributed by atoms with Gasteiger partial charge in [-0.15, -0.1) is 11.3 Å². The van der Waals surface area contributed by atoms with Gasteiger partial charge in [-0.25, -0.2) is 0 Å². The van der Waals surface area contributed by atoms with Crippen molar-refractivity contribution in [2.75, 3.05) is 9.80 Å². The minimum atomic E-state index is -1.81. The van der Waals surface area contributed by atoms with Gasteiger partial charge in [0, 0.05) is 43.0 Å². The average Bonchev–Trinajstić information content (AvgIpc) is 1.66. The van der Waals surface area contributed by atoms with E-state index in [-0.39, 0.29) is 86.9 Å². The number of hydrogen-bond acceptors (Lipinski definition) is 4. The molecule has 0 saturated heterocycles. The van der Waals surface area contributed by atoms with E-state index in [9.17, 15) is 21.9 Å². The molecule has 0 bridgehead atoms. The molecule has 3 aromatic heterocycles. The summed E-state index contributed by atoms with van der Waals surface area (Å²) in [6.07, 6.45) is 0. The first-order chi connectivity index (χ1) is 40.7. The Kier molecular flexibility index (Phi) is 3.14. The van der Waals surface area contributed by atoms with Gasteiger partial charge in [0.05, 0.1) is 86.8 Å². The summed E-state index contributed by atoms with van der Waals surface area (Å²) in [7, 11) is 0. The Morgan fingerprint density at radius 2 is 1.23 bits per heavy atom. The van der Waals surface area contributed by atoms with Crippen molar-refractivity contribution in [3.63, 3.8) is 0 Å². The number of benzene rings is 8. The van der Waals surface area contributed by atoms with Crippen LogP contribution in [0.25, 0.3) is 69.8 Å². The summed E-state index contributed by atoms with van der Waals surface area (Å²) < 4.78 is 261. The summed E-state index contributed by atoms with van der Waals surface area (Å²) in [6.45, 7) is 3.14. The fraction of sp³-hybridized carbons (Fsp3) is 0.0741. The highest BCUT2D eigenvalue weighted by atomic mass is 32.1. The van der Waals surface area contributed by atoms with Gasteiger partial charge in [-0.05, 0) is 87.4 Å². The molecule has 3 aliphatic rings. The molecular weight excluding hydrogens is 749 g/mol. The molecule has 0 unspecified atom stereocenters. The molecule has 11 aromatic rings. The fourth-order valence-corrected chi connectivity index (χ4v) is 9.90. The van der Waals surface area contributed by atoms with E-state index in [4.69, 9.17) is 19.5 Å². The number of nitrogens with zero attached hydrogens (tertiary/aromatic N) is 3. The van der Waals surface area contributed by atoms with E-state index in [1.807, 2.05) is 0 Å². The Balaban J connectivity index is 1.29. The number of para-hydroxylation sites is 3. The topological polar surface area (TPSA) is 24.6 Å². The second-order valence-corrected chi connectivity index (χ2v) is 16.6. The summed E-state index contributed by atoms with van der Waals surface area (Å²) in [5, 5.41) is -1.61. The van der Waals surface area contributed by atoms with Crippen LogP contribution in [0.1, 0.15) is 63.3 Å². The number of aromatic nitrogens is 1. The van der Waals surface area contributed by atoms with E-state index in [2.05, 4.69) is 0 Å². The van der Waals surface area contributed by atoms with Crippen LogP contribution >= 0.6 is 11.3 Å². The van der Waals surface area contributed by atoms with Crippen molar-refractivity contribution in [3.05, 3.63) is 169 Å². The summed E-state index contributed by atoms with van der Waals surface area (Å²) in [6, 6.07) is -20.1. The molecule has 0 atom stereocenters. The van der Waals surface area contributed by atoms with Crippen molar-refractivity contribution in [3.8, 4) is 16.8 Å². The van der Waals surface area contributed by atoms with Gasteiger partial charge < -0.3 is 18.8 Å². The Bertz CT molecular complexity index is 5250. The number of furan rings is 1. The molecule has 0 fully saturated rings. The number of hydrogen-bond donors (Lipinski definition) is 0. The minimum Gasteiger partial charge on any atom is -0.468 e. The van der Waals surface area contributed by atoms with Crippen LogP contribution in [0, 0.1) is 0 Å². The first-order valence-corrected chi connectivity index (χ1v) is 19.5. The largest absolute Gasteiger partial charge is 0.468 e. The number of anilines is 6. The van der Waals surface area contributed by atoms with E-state index in [0.29, 0.717) is 11.3 Å². The molecule has 14 rings (SSSR count). The molecule has 0 N–H and O–H groups in total. The van der Waals surface area contributed by atoms with Crippen molar-refractivity contribution in [1.82, 2.24) is 4.57 Å². The lowest BCUT2D eigenvalue weighted by molar-refractivity contribution is 0.590. The van der Waals surface area contributed by atoms with Gasteiger partial charge in [0.15, 0.2) is 0 Å². The lowest BCUT2D eigenvalue weighted by Crippen LogP contribution is -2.61. The maximum absolute atomic E-state index is 10.6. The van der Waals surface area contributed by atoms with Crippen LogP contribution in [-0.2, 0) is 5.41 Å². The highest BCUT2D eigenvalue weighted by molar-refractivity contribution is 7.26. The standard InChI is InChI=1S/C54H36BN3OS/c1-54(2,3)33-29-44-48-45(30-33)58(43-24-12-19-37-35-17-8-10-25-47(35)60-52(37)43)50-38-28-32(31-14-5-4-6-15-31)26-27-46(38)59-53(50)55(48)39-20-13-23-42-51(39)57(44)41-22-11-18-36-34-16-7-9-21-40(34)56(42)49(36)41/h4-30H,1-3H3/i4D,5D,6D,7D,8D,9D,10D,11D,12D,13D,14D,15D,16D,17D,18D,19D,20D,21D,22D,23D,24D,25D,26D,27D,28D,29D,30D. The van der Waals surface area contributed by atoms with Gasteiger partial charge in [-0.3, -0.25) is 0 Å².